The minimum absolute atomic E-state index is 0.102. The molecule has 0 saturated heterocycles. The van der Waals surface area contributed by atoms with Crippen molar-refractivity contribution in [3.8, 4) is 0 Å². The zero-order chi connectivity index (χ0) is 15.5. The van der Waals surface area contributed by atoms with Crippen LogP contribution in [0.1, 0.15) is 37.1 Å². The quantitative estimate of drug-likeness (QED) is 0.912. The SMILES string of the molecule is Cc1ccc2c(c1)nc(CNC(=O)NCC1CCCC1)n2C. The first-order chi connectivity index (χ1) is 10.6. The van der Waals surface area contributed by atoms with E-state index in [1.807, 2.05) is 11.6 Å². The van der Waals surface area contributed by atoms with E-state index in [9.17, 15) is 4.79 Å². The molecule has 2 N–H and O–H groups in total. The number of aryl methyl sites for hydroxylation is 2. The van der Waals surface area contributed by atoms with E-state index in [4.69, 9.17) is 0 Å². The summed E-state index contributed by atoms with van der Waals surface area (Å²) in [4.78, 5) is 16.5. The van der Waals surface area contributed by atoms with Crippen LogP contribution >= 0.6 is 0 Å². The van der Waals surface area contributed by atoms with Gasteiger partial charge in [0.15, 0.2) is 0 Å². The van der Waals surface area contributed by atoms with Gasteiger partial charge in [0, 0.05) is 13.6 Å². The second-order valence-corrected chi connectivity index (χ2v) is 6.29. The average molecular weight is 300 g/mol. The van der Waals surface area contributed by atoms with Crippen LogP contribution in [0.2, 0.25) is 0 Å². The predicted molar refractivity (Wildman–Crippen MR) is 87.6 cm³/mol. The molecule has 1 aromatic heterocycles. The Morgan fingerprint density at radius 2 is 2.09 bits per heavy atom. The lowest BCUT2D eigenvalue weighted by atomic mass is 10.1. The monoisotopic (exact) mass is 300 g/mol. The molecule has 5 heteroatoms. The fourth-order valence-corrected chi connectivity index (χ4v) is 3.19. The lowest BCUT2D eigenvalue weighted by molar-refractivity contribution is 0.238. The summed E-state index contributed by atoms with van der Waals surface area (Å²) in [5, 5.41) is 5.88. The molecule has 5 nitrogen and oxygen atoms in total. The minimum atomic E-state index is -0.102. The van der Waals surface area contributed by atoms with Gasteiger partial charge < -0.3 is 15.2 Å². The highest BCUT2D eigenvalue weighted by Gasteiger charge is 2.15. The Morgan fingerprint density at radius 1 is 1.32 bits per heavy atom. The van der Waals surface area contributed by atoms with Crippen molar-refractivity contribution >= 4 is 17.1 Å². The molecule has 1 heterocycles. The number of nitrogens with one attached hydrogen (secondary N) is 2. The molecule has 0 radical (unpaired) electrons. The summed E-state index contributed by atoms with van der Waals surface area (Å²) in [6.07, 6.45) is 5.08. The van der Waals surface area contributed by atoms with E-state index >= 15 is 0 Å². The highest BCUT2D eigenvalue weighted by molar-refractivity contribution is 5.77. The van der Waals surface area contributed by atoms with Crippen LogP contribution in [0.3, 0.4) is 0 Å². The van der Waals surface area contributed by atoms with E-state index in [-0.39, 0.29) is 6.03 Å². The third-order valence-corrected chi connectivity index (χ3v) is 4.56. The molecule has 1 aliphatic rings. The second kappa shape index (κ2) is 6.38. The topological polar surface area (TPSA) is 59.0 Å². The number of rotatable bonds is 4. The average Bonchev–Trinajstić information content (AvgIpc) is 3.11. The molecule has 1 aliphatic carbocycles. The molecule has 0 unspecified atom stereocenters. The Hall–Kier alpha value is -2.04. The molecule has 2 amide bonds. The first-order valence-electron chi connectivity index (χ1n) is 8.07. The minimum Gasteiger partial charge on any atom is -0.338 e. The van der Waals surface area contributed by atoms with Crippen LogP contribution in [0.25, 0.3) is 11.0 Å². The van der Waals surface area contributed by atoms with Crippen LogP contribution in [0.5, 0.6) is 0 Å². The van der Waals surface area contributed by atoms with E-state index in [1.165, 1.54) is 31.2 Å². The van der Waals surface area contributed by atoms with Crippen molar-refractivity contribution in [1.29, 1.82) is 0 Å². The van der Waals surface area contributed by atoms with E-state index in [0.29, 0.717) is 12.5 Å². The van der Waals surface area contributed by atoms with Crippen LogP contribution in [-0.2, 0) is 13.6 Å². The molecular formula is C17H24N4O. The highest BCUT2D eigenvalue weighted by Crippen LogP contribution is 2.23. The summed E-state index contributed by atoms with van der Waals surface area (Å²) < 4.78 is 2.03. The van der Waals surface area contributed by atoms with Crippen LogP contribution in [0.4, 0.5) is 4.79 Å². The zero-order valence-electron chi connectivity index (χ0n) is 13.4. The molecule has 118 valence electrons. The molecule has 1 aromatic carbocycles. The molecule has 0 aliphatic heterocycles. The Kier molecular flexibility index (Phi) is 4.32. The van der Waals surface area contributed by atoms with E-state index in [2.05, 4.69) is 40.7 Å². The predicted octanol–water partition coefficient (Wildman–Crippen LogP) is 2.87. The summed E-state index contributed by atoms with van der Waals surface area (Å²) in [6, 6.07) is 6.12. The Balaban J connectivity index is 1.56. The van der Waals surface area contributed by atoms with Crippen molar-refractivity contribution < 1.29 is 4.79 Å². The molecule has 22 heavy (non-hydrogen) atoms. The van der Waals surface area contributed by atoms with Crippen molar-refractivity contribution in [3.63, 3.8) is 0 Å². The molecule has 0 spiro atoms. The van der Waals surface area contributed by atoms with Gasteiger partial charge in [0.2, 0.25) is 0 Å². The van der Waals surface area contributed by atoms with Gasteiger partial charge in [-0.25, -0.2) is 9.78 Å². The van der Waals surface area contributed by atoms with Gasteiger partial charge in [-0.2, -0.15) is 0 Å². The molecule has 0 atom stereocenters. The Morgan fingerprint density at radius 3 is 2.86 bits per heavy atom. The van der Waals surface area contributed by atoms with Crippen LogP contribution in [-0.4, -0.2) is 22.1 Å². The fraction of sp³-hybridized carbons (Fsp3) is 0.529. The van der Waals surface area contributed by atoms with Gasteiger partial charge in [0.1, 0.15) is 5.82 Å². The number of imidazole rings is 1. The van der Waals surface area contributed by atoms with Crippen molar-refractivity contribution in [3.05, 3.63) is 29.6 Å². The van der Waals surface area contributed by atoms with Crippen molar-refractivity contribution in [2.45, 2.75) is 39.2 Å². The van der Waals surface area contributed by atoms with Gasteiger partial charge in [0.25, 0.3) is 0 Å². The maximum atomic E-state index is 11.9. The Bertz CT molecular complexity index is 671. The number of carbonyl (C=O) groups is 1. The maximum Gasteiger partial charge on any atom is 0.315 e. The summed E-state index contributed by atoms with van der Waals surface area (Å²) in [5.74, 6) is 1.53. The summed E-state index contributed by atoms with van der Waals surface area (Å²) in [7, 11) is 1.98. The normalized spacial score (nSPS) is 15.4. The van der Waals surface area contributed by atoms with Gasteiger partial charge in [0.05, 0.1) is 17.6 Å². The maximum absolute atomic E-state index is 11.9. The van der Waals surface area contributed by atoms with Gasteiger partial charge >= 0.3 is 6.03 Å². The Labute approximate surface area is 131 Å². The second-order valence-electron chi connectivity index (χ2n) is 6.29. The summed E-state index contributed by atoms with van der Waals surface area (Å²) in [5.41, 5.74) is 3.26. The molecule has 1 saturated carbocycles. The van der Waals surface area contributed by atoms with E-state index in [1.54, 1.807) is 0 Å². The number of carbonyl (C=O) groups excluding carboxylic acids is 1. The van der Waals surface area contributed by atoms with Crippen molar-refractivity contribution in [2.24, 2.45) is 13.0 Å². The van der Waals surface area contributed by atoms with Crippen LogP contribution in [0, 0.1) is 12.8 Å². The lowest BCUT2D eigenvalue weighted by Gasteiger charge is -2.11. The molecule has 1 fully saturated rings. The first-order valence-corrected chi connectivity index (χ1v) is 8.07. The van der Waals surface area contributed by atoms with Gasteiger partial charge in [-0.15, -0.1) is 0 Å². The number of amides is 2. The zero-order valence-corrected chi connectivity index (χ0v) is 13.4. The molecule has 2 aromatic rings. The summed E-state index contributed by atoms with van der Waals surface area (Å²) >= 11 is 0. The third-order valence-electron chi connectivity index (χ3n) is 4.56. The number of benzene rings is 1. The van der Waals surface area contributed by atoms with Gasteiger partial charge in [-0.3, -0.25) is 0 Å². The van der Waals surface area contributed by atoms with Crippen molar-refractivity contribution in [2.75, 3.05) is 6.54 Å². The highest BCUT2D eigenvalue weighted by atomic mass is 16.2. The smallest absolute Gasteiger partial charge is 0.315 e. The fourth-order valence-electron chi connectivity index (χ4n) is 3.19. The first kappa shape index (κ1) is 14.9. The molecular weight excluding hydrogens is 276 g/mol. The summed E-state index contributed by atoms with van der Waals surface area (Å²) in [6.45, 7) is 3.29. The van der Waals surface area contributed by atoms with Gasteiger partial charge in [-0.05, 0) is 43.4 Å². The van der Waals surface area contributed by atoms with Crippen molar-refractivity contribution in [1.82, 2.24) is 20.2 Å². The largest absolute Gasteiger partial charge is 0.338 e. The van der Waals surface area contributed by atoms with Crippen LogP contribution < -0.4 is 10.6 Å². The number of hydrogen-bond acceptors (Lipinski definition) is 2. The number of hydrogen-bond donors (Lipinski definition) is 2. The van der Waals surface area contributed by atoms with E-state index in [0.717, 1.165) is 23.4 Å². The lowest BCUT2D eigenvalue weighted by Crippen LogP contribution is -2.37. The van der Waals surface area contributed by atoms with Crippen LogP contribution in [0.15, 0.2) is 18.2 Å². The van der Waals surface area contributed by atoms with Gasteiger partial charge in [-0.1, -0.05) is 18.9 Å². The molecule has 3 rings (SSSR count). The molecule has 0 bridgehead atoms. The van der Waals surface area contributed by atoms with E-state index < -0.39 is 0 Å². The number of aromatic nitrogens is 2. The number of nitrogens with zero attached hydrogens (tertiary/aromatic N) is 2. The number of urea groups is 1. The standard InChI is InChI=1S/C17H24N4O/c1-12-7-8-15-14(9-12)20-16(21(15)2)11-19-17(22)18-10-13-5-3-4-6-13/h7-9,13H,3-6,10-11H2,1-2H3,(H2,18,19,22). The number of fused-ring (bicyclic) bond motifs is 1. The third kappa shape index (κ3) is 3.24.